The first kappa shape index (κ1) is 13.1. The molecule has 1 atom stereocenters. The SMILES string of the molecule is CCF.CNC(C)c1ccc(C)cc1. The lowest BCUT2D eigenvalue weighted by Gasteiger charge is -2.09. The summed E-state index contributed by atoms with van der Waals surface area (Å²) in [7, 11) is 1.98. The predicted octanol–water partition coefficient (Wildman–Crippen LogP) is 3.25. The molecule has 1 nitrogen and oxygen atoms in total. The lowest BCUT2D eigenvalue weighted by Crippen LogP contribution is -2.11. The zero-order valence-electron chi connectivity index (χ0n) is 9.47. The van der Waals surface area contributed by atoms with E-state index in [2.05, 4.69) is 43.4 Å². The standard InChI is InChI=1S/C10H15N.C2H5F/c1-8-4-6-10(7-5-8)9(2)11-3;1-2-3/h4-7,9,11H,1-3H3;2H2,1H3. The third kappa shape index (κ3) is 4.97. The van der Waals surface area contributed by atoms with Crippen LogP contribution in [-0.4, -0.2) is 13.7 Å². The Morgan fingerprint density at radius 2 is 1.71 bits per heavy atom. The molecule has 0 amide bonds. The van der Waals surface area contributed by atoms with Gasteiger partial charge in [-0.3, -0.25) is 4.39 Å². The number of alkyl halides is 1. The summed E-state index contributed by atoms with van der Waals surface area (Å²) in [6, 6.07) is 9.06. The van der Waals surface area contributed by atoms with E-state index in [0.717, 1.165) is 0 Å². The van der Waals surface area contributed by atoms with Crippen LogP contribution in [0.2, 0.25) is 0 Å². The van der Waals surface area contributed by atoms with Crippen molar-refractivity contribution in [2.75, 3.05) is 13.7 Å². The van der Waals surface area contributed by atoms with Gasteiger partial charge in [0, 0.05) is 6.04 Å². The van der Waals surface area contributed by atoms with E-state index in [1.54, 1.807) is 0 Å². The van der Waals surface area contributed by atoms with Crippen LogP contribution >= 0.6 is 0 Å². The maximum atomic E-state index is 10.3. The molecule has 80 valence electrons. The van der Waals surface area contributed by atoms with Gasteiger partial charge >= 0.3 is 0 Å². The molecule has 2 heteroatoms. The number of benzene rings is 1. The van der Waals surface area contributed by atoms with Crippen molar-refractivity contribution in [3.05, 3.63) is 35.4 Å². The molecule has 0 aliphatic carbocycles. The van der Waals surface area contributed by atoms with Gasteiger partial charge in [0.2, 0.25) is 0 Å². The minimum absolute atomic E-state index is 0.250. The van der Waals surface area contributed by atoms with Crippen molar-refractivity contribution in [1.29, 1.82) is 0 Å². The van der Waals surface area contributed by atoms with Crippen LogP contribution in [0.1, 0.15) is 31.0 Å². The summed E-state index contributed by atoms with van der Waals surface area (Å²) in [5.74, 6) is 0. The number of aryl methyl sites for hydroxylation is 1. The normalized spacial score (nSPS) is 11.5. The topological polar surface area (TPSA) is 12.0 Å². The number of hydrogen-bond donors (Lipinski definition) is 1. The summed E-state index contributed by atoms with van der Waals surface area (Å²) >= 11 is 0. The van der Waals surface area contributed by atoms with Crippen LogP contribution in [0.25, 0.3) is 0 Å². The molecule has 1 rings (SSSR count). The molecule has 0 saturated heterocycles. The first-order valence-corrected chi connectivity index (χ1v) is 4.95. The maximum absolute atomic E-state index is 10.3. The van der Waals surface area contributed by atoms with E-state index < -0.39 is 0 Å². The van der Waals surface area contributed by atoms with Gasteiger partial charge in [-0.1, -0.05) is 29.8 Å². The highest BCUT2D eigenvalue weighted by Gasteiger charge is 1.99. The van der Waals surface area contributed by atoms with Gasteiger partial charge in [-0.25, -0.2) is 0 Å². The summed E-state index contributed by atoms with van der Waals surface area (Å²) in [4.78, 5) is 0. The zero-order valence-corrected chi connectivity index (χ0v) is 9.47. The second kappa shape index (κ2) is 7.51. The molecule has 0 aliphatic heterocycles. The van der Waals surface area contributed by atoms with Crippen LogP contribution in [-0.2, 0) is 0 Å². The van der Waals surface area contributed by atoms with Gasteiger partial charge in [-0.05, 0) is 33.4 Å². The fourth-order valence-corrected chi connectivity index (χ4v) is 1.02. The molecule has 0 radical (unpaired) electrons. The maximum Gasteiger partial charge on any atom is 0.0866 e. The van der Waals surface area contributed by atoms with Gasteiger partial charge in [0.25, 0.3) is 0 Å². The van der Waals surface area contributed by atoms with Crippen LogP contribution in [0.15, 0.2) is 24.3 Å². The average Bonchev–Trinajstić information content (AvgIpc) is 2.19. The fourth-order valence-electron chi connectivity index (χ4n) is 1.02. The van der Waals surface area contributed by atoms with Crippen molar-refractivity contribution < 1.29 is 4.39 Å². The zero-order chi connectivity index (χ0) is 11.0. The molecular formula is C12H20FN. The Balaban J connectivity index is 0.000000500. The van der Waals surface area contributed by atoms with Crippen molar-refractivity contribution in [3.63, 3.8) is 0 Å². The smallest absolute Gasteiger partial charge is 0.0866 e. The number of rotatable bonds is 2. The largest absolute Gasteiger partial charge is 0.313 e. The molecular weight excluding hydrogens is 177 g/mol. The van der Waals surface area contributed by atoms with Gasteiger partial charge in [0.1, 0.15) is 0 Å². The highest BCUT2D eigenvalue weighted by molar-refractivity contribution is 5.23. The van der Waals surface area contributed by atoms with Gasteiger partial charge < -0.3 is 5.32 Å². The van der Waals surface area contributed by atoms with Gasteiger partial charge in [0.05, 0.1) is 6.67 Å². The quantitative estimate of drug-likeness (QED) is 0.767. The Bertz CT molecular complexity index is 231. The van der Waals surface area contributed by atoms with E-state index >= 15 is 0 Å². The van der Waals surface area contributed by atoms with Crippen LogP contribution in [0.4, 0.5) is 4.39 Å². The van der Waals surface area contributed by atoms with Crippen molar-refractivity contribution in [1.82, 2.24) is 5.32 Å². The first-order chi connectivity index (χ1) is 6.65. The van der Waals surface area contributed by atoms with Crippen molar-refractivity contribution in [2.45, 2.75) is 26.8 Å². The van der Waals surface area contributed by atoms with Crippen molar-refractivity contribution in [3.8, 4) is 0 Å². The molecule has 0 aromatic heterocycles. The second-order valence-corrected chi connectivity index (χ2v) is 3.19. The predicted molar refractivity (Wildman–Crippen MR) is 60.3 cm³/mol. The van der Waals surface area contributed by atoms with Gasteiger partial charge in [-0.2, -0.15) is 0 Å². The Morgan fingerprint density at radius 3 is 2.07 bits per heavy atom. The summed E-state index contributed by atoms with van der Waals surface area (Å²) in [6.07, 6.45) is 0. The molecule has 0 bridgehead atoms. The molecule has 0 fully saturated rings. The highest BCUT2D eigenvalue weighted by Crippen LogP contribution is 2.11. The molecule has 0 aliphatic rings. The molecule has 0 spiro atoms. The monoisotopic (exact) mass is 197 g/mol. The Hall–Kier alpha value is -0.890. The molecule has 1 aromatic carbocycles. The Morgan fingerprint density at radius 1 is 1.29 bits per heavy atom. The Labute approximate surface area is 86.3 Å². The number of hydrogen-bond acceptors (Lipinski definition) is 1. The fraction of sp³-hybridized carbons (Fsp3) is 0.500. The van der Waals surface area contributed by atoms with E-state index in [1.807, 2.05) is 7.05 Å². The van der Waals surface area contributed by atoms with Crippen LogP contribution in [0.5, 0.6) is 0 Å². The van der Waals surface area contributed by atoms with E-state index in [0.29, 0.717) is 6.04 Å². The second-order valence-electron chi connectivity index (χ2n) is 3.19. The third-order valence-electron chi connectivity index (χ3n) is 2.01. The molecule has 0 heterocycles. The summed E-state index contributed by atoms with van der Waals surface area (Å²) in [5.41, 5.74) is 2.66. The van der Waals surface area contributed by atoms with Crippen LogP contribution in [0.3, 0.4) is 0 Å². The summed E-state index contributed by atoms with van der Waals surface area (Å²) < 4.78 is 10.3. The van der Waals surface area contributed by atoms with E-state index in [1.165, 1.54) is 18.1 Å². The van der Waals surface area contributed by atoms with Gasteiger partial charge in [0.15, 0.2) is 0 Å². The average molecular weight is 197 g/mol. The van der Waals surface area contributed by atoms with E-state index in [4.69, 9.17) is 0 Å². The van der Waals surface area contributed by atoms with E-state index in [9.17, 15) is 4.39 Å². The summed E-state index contributed by atoms with van der Waals surface area (Å²) in [6.45, 7) is 5.47. The van der Waals surface area contributed by atoms with Crippen LogP contribution in [0, 0.1) is 6.92 Å². The lowest BCUT2D eigenvalue weighted by atomic mass is 10.1. The van der Waals surface area contributed by atoms with Crippen molar-refractivity contribution >= 4 is 0 Å². The third-order valence-corrected chi connectivity index (χ3v) is 2.01. The van der Waals surface area contributed by atoms with Crippen molar-refractivity contribution in [2.24, 2.45) is 0 Å². The van der Waals surface area contributed by atoms with E-state index in [-0.39, 0.29) is 6.67 Å². The minimum Gasteiger partial charge on any atom is -0.313 e. The molecule has 14 heavy (non-hydrogen) atoms. The van der Waals surface area contributed by atoms with Gasteiger partial charge in [-0.15, -0.1) is 0 Å². The molecule has 1 N–H and O–H groups in total. The number of halogens is 1. The lowest BCUT2D eigenvalue weighted by molar-refractivity contribution is 0.527. The first-order valence-electron chi connectivity index (χ1n) is 4.95. The summed E-state index contributed by atoms with van der Waals surface area (Å²) in [5, 5.41) is 3.20. The molecule has 0 saturated carbocycles. The van der Waals surface area contributed by atoms with Crippen LogP contribution < -0.4 is 5.32 Å². The minimum atomic E-state index is -0.250. The Kier molecular flexibility index (Phi) is 7.03. The molecule has 1 unspecified atom stereocenters. The number of nitrogens with one attached hydrogen (secondary N) is 1. The molecule has 1 aromatic rings. The highest BCUT2D eigenvalue weighted by atomic mass is 19.1.